The number of nitrogens with zero attached hydrogens (tertiary/aromatic N) is 3. The summed E-state index contributed by atoms with van der Waals surface area (Å²) in [5, 5.41) is 7.98. The summed E-state index contributed by atoms with van der Waals surface area (Å²) in [4.78, 5) is 2.15. The van der Waals surface area contributed by atoms with E-state index >= 15 is 0 Å². The van der Waals surface area contributed by atoms with Gasteiger partial charge in [-0.05, 0) is 44.8 Å². The fourth-order valence-electron chi connectivity index (χ4n) is 1.78. The molecule has 108 valence electrons. The van der Waals surface area contributed by atoms with Crippen molar-refractivity contribution < 1.29 is 9.15 Å². The Kier molecular flexibility index (Phi) is 5.12. The summed E-state index contributed by atoms with van der Waals surface area (Å²) in [6, 6.07) is 7.74. The van der Waals surface area contributed by atoms with E-state index in [0.29, 0.717) is 11.8 Å². The molecule has 0 amide bonds. The Morgan fingerprint density at radius 2 is 1.90 bits per heavy atom. The molecule has 0 saturated heterocycles. The molecule has 1 aromatic heterocycles. The van der Waals surface area contributed by atoms with Crippen LogP contribution in [-0.4, -0.2) is 42.3 Å². The largest absolute Gasteiger partial charge is 0.494 e. The Balaban J connectivity index is 1.89. The summed E-state index contributed by atoms with van der Waals surface area (Å²) in [7, 11) is 4.12. The first-order chi connectivity index (χ1) is 9.69. The van der Waals surface area contributed by atoms with Crippen molar-refractivity contribution in [2.45, 2.75) is 19.8 Å². The standard InChI is InChI=1S/C15H21N3O2/c1-4-14-16-17-15(20-14)12-6-8-13(9-7-12)19-11-5-10-18(2)3/h6-9H,4-5,10-11H2,1-3H3. The highest BCUT2D eigenvalue weighted by molar-refractivity contribution is 5.53. The highest BCUT2D eigenvalue weighted by Crippen LogP contribution is 2.21. The van der Waals surface area contributed by atoms with E-state index in [0.717, 1.165) is 37.3 Å². The molecule has 5 nitrogen and oxygen atoms in total. The second kappa shape index (κ2) is 7.05. The normalized spacial score (nSPS) is 11.0. The van der Waals surface area contributed by atoms with E-state index < -0.39 is 0 Å². The quantitative estimate of drug-likeness (QED) is 0.727. The molecule has 1 heterocycles. The van der Waals surface area contributed by atoms with E-state index in [2.05, 4.69) is 29.2 Å². The number of hydrogen-bond acceptors (Lipinski definition) is 5. The fraction of sp³-hybridized carbons (Fsp3) is 0.467. The van der Waals surface area contributed by atoms with E-state index in [9.17, 15) is 0 Å². The lowest BCUT2D eigenvalue weighted by Crippen LogP contribution is -2.15. The molecule has 20 heavy (non-hydrogen) atoms. The molecule has 0 unspecified atom stereocenters. The smallest absolute Gasteiger partial charge is 0.247 e. The van der Waals surface area contributed by atoms with Gasteiger partial charge in [-0.2, -0.15) is 0 Å². The van der Waals surface area contributed by atoms with Crippen molar-refractivity contribution in [2.24, 2.45) is 0 Å². The van der Waals surface area contributed by atoms with E-state index in [4.69, 9.17) is 9.15 Å². The Morgan fingerprint density at radius 3 is 2.50 bits per heavy atom. The zero-order valence-electron chi connectivity index (χ0n) is 12.3. The van der Waals surface area contributed by atoms with E-state index in [-0.39, 0.29) is 0 Å². The van der Waals surface area contributed by atoms with E-state index in [1.54, 1.807) is 0 Å². The molecular weight excluding hydrogens is 254 g/mol. The minimum atomic E-state index is 0.556. The van der Waals surface area contributed by atoms with Crippen molar-refractivity contribution in [3.05, 3.63) is 30.2 Å². The highest BCUT2D eigenvalue weighted by atomic mass is 16.5. The van der Waals surface area contributed by atoms with Gasteiger partial charge in [-0.3, -0.25) is 0 Å². The van der Waals surface area contributed by atoms with Crippen molar-refractivity contribution in [3.8, 4) is 17.2 Å². The molecule has 0 spiro atoms. The molecule has 0 bridgehead atoms. The molecule has 0 radical (unpaired) electrons. The molecule has 0 N–H and O–H groups in total. The first-order valence-corrected chi connectivity index (χ1v) is 6.89. The molecule has 1 aromatic carbocycles. The van der Waals surface area contributed by atoms with Gasteiger partial charge in [-0.25, -0.2) is 0 Å². The second-order valence-electron chi connectivity index (χ2n) is 4.88. The van der Waals surface area contributed by atoms with E-state index in [1.807, 2.05) is 31.2 Å². The molecule has 0 fully saturated rings. The maximum absolute atomic E-state index is 5.68. The Labute approximate surface area is 119 Å². The van der Waals surface area contributed by atoms with Crippen LogP contribution in [0.2, 0.25) is 0 Å². The monoisotopic (exact) mass is 275 g/mol. The van der Waals surface area contributed by atoms with Crippen LogP contribution in [0, 0.1) is 0 Å². The summed E-state index contributed by atoms with van der Waals surface area (Å²) < 4.78 is 11.2. The molecule has 0 aliphatic heterocycles. The number of hydrogen-bond donors (Lipinski definition) is 0. The van der Waals surface area contributed by atoms with Gasteiger partial charge in [-0.1, -0.05) is 6.92 Å². The predicted octanol–water partition coefficient (Wildman–Crippen LogP) is 2.63. The predicted molar refractivity (Wildman–Crippen MR) is 77.8 cm³/mol. The zero-order valence-corrected chi connectivity index (χ0v) is 12.3. The molecule has 0 aliphatic rings. The van der Waals surface area contributed by atoms with Crippen LogP contribution < -0.4 is 4.74 Å². The second-order valence-corrected chi connectivity index (χ2v) is 4.88. The third kappa shape index (κ3) is 4.06. The minimum absolute atomic E-state index is 0.556. The summed E-state index contributed by atoms with van der Waals surface area (Å²) in [5.74, 6) is 2.08. The molecule has 0 aliphatic carbocycles. The summed E-state index contributed by atoms with van der Waals surface area (Å²) in [5.41, 5.74) is 0.915. The van der Waals surface area contributed by atoms with Gasteiger partial charge in [0.15, 0.2) is 0 Å². The number of benzene rings is 1. The van der Waals surface area contributed by atoms with Gasteiger partial charge in [0, 0.05) is 18.5 Å². The van der Waals surface area contributed by atoms with Crippen molar-refractivity contribution >= 4 is 0 Å². The third-order valence-electron chi connectivity index (χ3n) is 2.89. The average molecular weight is 275 g/mol. The Morgan fingerprint density at radius 1 is 1.15 bits per heavy atom. The fourth-order valence-corrected chi connectivity index (χ4v) is 1.78. The zero-order chi connectivity index (χ0) is 14.4. The Hall–Kier alpha value is -1.88. The molecule has 0 saturated carbocycles. The number of aryl methyl sites for hydroxylation is 1. The summed E-state index contributed by atoms with van der Waals surface area (Å²) in [6.45, 7) is 3.74. The maximum atomic E-state index is 5.68. The molecular formula is C15H21N3O2. The molecule has 2 rings (SSSR count). The van der Waals surface area contributed by atoms with Crippen LogP contribution in [0.15, 0.2) is 28.7 Å². The first kappa shape index (κ1) is 14.5. The average Bonchev–Trinajstić information content (AvgIpc) is 2.93. The van der Waals surface area contributed by atoms with Crippen LogP contribution >= 0.6 is 0 Å². The van der Waals surface area contributed by atoms with E-state index in [1.165, 1.54) is 0 Å². The van der Waals surface area contributed by atoms with Crippen molar-refractivity contribution in [1.82, 2.24) is 15.1 Å². The number of rotatable bonds is 7. The van der Waals surface area contributed by atoms with Crippen molar-refractivity contribution in [3.63, 3.8) is 0 Å². The number of ether oxygens (including phenoxy) is 1. The SMILES string of the molecule is CCc1nnc(-c2ccc(OCCCN(C)C)cc2)o1. The number of aromatic nitrogens is 2. The van der Waals surface area contributed by atoms with Crippen LogP contribution in [0.3, 0.4) is 0 Å². The van der Waals surface area contributed by atoms with Gasteiger partial charge < -0.3 is 14.1 Å². The van der Waals surface area contributed by atoms with Gasteiger partial charge >= 0.3 is 0 Å². The van der Waals surface area contributed by atoms with Gasteiger partial charge in [0.25, 0.3) is 0 Å². The summed E-state index contributed by atoms with van der Waals surface area (Å²) >= 11 is 0. The Bertz CT molecular complexity index is 520. The topological polar surface area (TPSA) is 51.4 Å². The molecule has 2 aromatic rings. The molecule has 5 heteroatoms. The van der Waals surface area contributed by atoms with Crippen LogP contribution in [-0.2, 0) is 6.42 Å². The summed E-state index contributed by atoms with van der Waals surface area (Å²) in [6.07, 6.45) is 1.76. The van der Waals surface area contributed by atoms with Crippen molar-refractivity contribution in [1.29, 1.82) is 0 Å². The van der Waals surface area contributed by atoms with Crippen LogP contribution in [0.25, 0.3) is 11.5 Å². The maximum Gasteiger partial charge on any atom is 0.247 e. The lowest BCUT2D eigenvalue weighted by Gasteiger charge is -2.10. The van der Waals surface area contributed by atoms with Gasteiger partial charge in [0.1, 0.15) is 5.75 Å². The van der Waals surface area contributed by atoms with Crippen LogP contribution in [0.4, 0.5) is 0 Å². The lowest BCUT2D eigenvalue weighted by molar-refractivity contribution is 0.281. The van der Waals surface area contributed by atoms with Gasteiger partial charge in [-0.15, -0.1) is 10.2 Å². The molecule has 0 atom stereocenters. The van der Waals surface area contributed by atoms with Crippen LogP contribution in [0.1, 0.15) is 19.2 Å². The van der Waals surface area contributed by atoms with Crippen molar-refractivity contribution in [2.75, 3.05) is 27.2 Å². The van der Waals surface area contributed by atoms with Gasteiger partial charge in [0.05, 0.1) is 6.61 Å². The van der Waals surface area contributed by atoms with Crippen LogP contribution in [0.5, 0.6) is 5.75 Å². The van der Waals surface area contributed by atoms with Gasteiger partial charge in [0.2, 0.25) is 11.8 Å². The minimum Gasteiger partial charge on any atom is -0.494 e. The lowest BCUT2D eigenvalue weighted by atomic mass is 10.2. The highest BCUT2D eigenvalue weighted by Gasteiger charge is 2.07. The third-order valence-corrected chi connectivity index (χ3v) is 2.89. The first-order valence-electron chi connectivity index (χ1n) is 6.89.